The number of alkyl halides is 1. The van der Waals surface area contributed by atoms with Crippen molar-refractivity contribution in [1.82, 2.24) is 5.32 Å². The average Bonchev–Trinajstić information content (AvgIpc) is 2.41. The molecule has 2 nitrogen and oxygen atoms in total. The topological polar surface area (TPSA) is 21.3 Å². The molecule has 0 spiro atoms. The van der Waals surface area contributed by atoms with Crippen LogP contribution in [0.4, 0.5) is 8.78 Å². The molecule has 0 aliphatic carbocycles. The van der Waals surface area contributed by atoms with Crippen LogP contribution in [0, 0.1) is 5.82 Å². The van der Waals surface area contributed by atoms with Gasteiger partial charge in [-0.3, -0.25) is 0 Å². The average molecular weight is 283 g/mol. The maximum absolute atomic E-state index is 14.7. The number of benzene rings is 1. The molecule has 4 heteroatoms. The minimum Gasteiger partial charge on any atom is -0.494 e. The van der Waals surface area contributed by atoms with E-state index in [0.717, 1.165) is 25.8 Å². The molecule has 0 aromatic heterocycles. The molecule has 1 aromatic carbocycles. The molecule has 1 saturated heterocycles. The third-order valence-corrected chi connectivity index (χ3v) is 3.91. The van der Waals surface area contributed by atoms with Crippen LogP contribution in [0.25, 0.3) is 0 Å². The van der Waals surface area contributed by atoms with Gasteiger partial charge in [0.15, 0.2) is 11.6 Å². The van der Waals surface area contributed by atoms with Gasteiger partial charge in [0.05, 0.1) is 7.11 Å². The molecule has 112 valence electrons. The molecule has 1 N–H and O–H groups in total. The lowest BCUT2D eigenvalue weighted by Gasteiger charge is -2.30. The van der Waals surface area contributed by atoms with Gasteiger partial charge in [0, 0.05) is 12.5 Å². The van der Waals surface area contributed by atoms with Crippen molar-refractivity contribution in [2.75, 3.05) is 13.7 Å². The Labute approximate surface area is 119 Å². The van der Waals surface area contributed by atoms with Crippen LogP contribution < -0.4 is 10.1 Å². The van der Waals surface area contributed by atoms with Crippen molar-refractivity contribution in [2.24, 2.45) is 0 Å². The lowest BCUT2D eigenvalue weighted by Crippen LogP contribution is -2.40. The fraction of sp³-hybridized carbons (Fsp3) is 0.625. The maximum atomic E-state index is 14.7. The Kier molecular flexibility index (Phi) is 4.97. The molecule has 20 heavy (non-hydrogen) atoms. The maximum Gasteiger partial charge on any atom is 0.168 e. The molecule has 2 unspecified atom stereocenters. The summed E-state index contributed by atoms with van der Waals surface area (Å²) in [6.45, 7) is 2.51. The number of methoxy groups -OCH3 is 1. The van der Waals surface area contributed by atoms with Gasteiger partial charge in [0.25, 0.3) is 0 Å². The molecule has 1 fully saturated rings. The van der Waals surface area contributed by atoms with E-state index in [1.165, 1.54) is 7.11 Å². The Morgan fingerprint density at radius 2 is 2.20 bits per heavy atom. The van der Waals surface area contributed by atoms with Crippen LogP contribution in [0.3, 0.4) is 0 Å². The first-order chi connectivity index (χ1) is 9.52. The number of halogens is 2. The lowest BCUT2D eigenvalue weighted by atomic mass is 9.88. The molecular weight excluding hydrogens is 260 g/mol. The van der Waals surface area contributed by atoms with Crippen LogP contribution in [0.5, 0.6) is 5.75 Å². The van der Waals surface area contributed by atoms with Crippen LogP contribution in [-0.4, -0.2) is 25.4 Å². The minimum atomic E-state index is -1.41. The van der Waals surface area contributed by atoms with E-state index in [0.29, 0.717) is 12.0 Å². The zero-order valence-corrected chi connectivity index (χ0v) is 12.2. The Balaban J connectivity index is 2.03. The third-order valence-electron chi connectivity index (χ3n) is 3.91. The predicted octanol–water partition coefficient (Wildman–Crippen LogP) is 3.64. The second kappa shape index (κ2) is 6.53. The molecule has 0 bridgehead atoms. The van der Waals surface area contributed by atoms with Crippen LogP contribution in [0.1, 0.15) is 38.2 Å². The molecule has 1 aliphatic heterocycles. The molecule has 1 aliphatic rings. The number of rotatable bonds is 5. The standard InChI is InChI=1S/C16H23F2NO/c1-16(18,11-13-7-3-4-9-19-13)10-12-6-5-8-14(20-2)15(12)17/h5-6,8,13,19H,3-4,7,9-11H2,1-2H3. The zero-order valence-electron chi connectivity index (χ0n) is 12.2. The second-order valence-corrected chi connectivity index (χ2v) is 5.87. The van der Waals surface area contributed by atoms with Gasteiger partial charge in [-0.15, -0.1) is 0 Å². The first kappa shape index (κ1) is 15.2. The minimum absolute atomic E-state index is 0.0776. The normalized spacial score (nSPS) is 22.3. The molecule has 1 aromatic rings. The van der Waals surface area contributed by atoms with E-state index in [1.54, 1.807) is 25.1 Å². The fourth-order valence-electron chi connectivity index (χ4n) is 2.93. The molecule has 0 amide bonds. The summed E-state index contributed by atoms with van der Waals surface area (Å²) < 4.78 is 33.7. The number of ether oxygens (including phenoxy) is 1. The van der Waals surface area contributed by atoms with Crippen molar-refractivity contribution < 1.29 is 13.5 Å². The Morgan fingerprint density at radius 3 is 2.85 bits per heavy atom. The van der Waals surface area contributed by atoms with Crippen molar-refractivity contribution in [2.45, 2.75) is 50.7 Å². The first-order valence-corrected chi connectivity index (χ1v) is 7.25. The molecule has 2 atom stereocenters. The molecular formula is C16H23F2NO. The van der Waals surface area contributed by atoms with Crippen LogP contribution in [0.15, 0.2) is 18.2 Å². The Morgan fingerprint density at radius 1 is 1.40 bits per heavy atom. The van der Waals surface area contributed by atoms with E-state index in [2.05, 4.69) is 5.32 Å². The summed E-state index contributed by atoms with van der Waals surface area (Å²) in [5.74, 6) is -0.274. The number of hydrogen-bond donors (Lipinski definition) is 1. The summed E-state index contributed by atoms with van der Waals surface area (Å²) in [5, 5.41) is 3.34. The van der Waals surface area contributed by atoms with Gasteiger partial charge >= 0.3 is 0 Å². The largest absolute Gasteiger partial charge is 0.494 e. The summed E-state index contributed by atoms with van der Waals surface area (Å²) in [4.78, 5) is 0. The highest BCUT2D eigenvalue weighted by Crippen LogP contribution is 2.29. The molecule has 1 heterocycles. The lowest BCUT2D eigenvalue weighted by molar-refractivity contribution is 0.144. The second-order valence-electron chi connectivity index (χ2n) is 5.87. The van der Waals surface area contributed by atoms with Crippen molar-refractivity contribution in [3.8, 4) is 5.75 Å². The van der Waals surface area contributed by atoms with Crippen molar-refractivity contribution >= 4 is 0 Å². The zero-order chi connectivity index (χ0) is 14.6. The number of piperidine rings is 1. The number of nitrogens with one attached hydrogen (secondary N) is 1. The van der Waals surface area contributed by atoms with Crippen LogP contribution >= 0.6 is 0 Å². The van der Waals surface area contributed by atoms with E-state index < -0.39 is 11.5 Å². The van der Waals surface area contributed by atoms with Crippen molar-refractivity contribution in [1.29, 1.82) is 0 Å². The van der Waals surface area contributed by atoms with Crippen LogP contribution in [-0.2, 0) is 6.42 Å². The van der Waals surface area contributed by atoms with E-state index in [9.17, 15) is 8.78 Å². The highest BCUT2D eigenvalue weighted by molar-refractivity contribution is 5.32. The van der Waals surface area contributed by atoms with Gasteiger partial charge in [0.2, 0.25) is 0 Å². The Hall–Kier alpha value is -1.16. The smallest absolute Gasteiger partial charge is 0.168 e. The van der Waals surface area contributed by atoms with Gasteiger partial charge in [-0.2, -0.15) is 0 Å². The summed E-state index contributed by atoms with van der Waals surface area (Å²) in [6, 6.07) is 5.08. The monoisotopic (exact) mass is 283 g/mol. The molecule has 0 saturated carbocycles. The fourth-order valence-corrected chi connectivity index (χ4v) is 2.93. The predicted molar refractivity (Wildman–Crippen MR) is 76.4 cm³/mol. The van der Waals surface area contributed by atoms with E-state index >= 15 is 0 Å². The first-order valence-electron chi connectivity index (χ1n) is 7.25. The van der Waals surface area contributed by atoms with Crippen molar-refractivity contribution in [3.63, 3.8) is 0 Å². The van der Waals surface area contributed by atoms with Crippen LogP contribution in [0.2, 0.25) is 0 Å². The highest BCUT2D eigenvalue weighted by Gasteiger charge is 2.30. The van der Waals surface area contributed by atoms with Gasteiger partial charge in [-0.05, 0) is 44.4 Å². The van der Waals surface area contributed by atoms with Gasteiger partial charge < -0.3 is 10.1 Å². The highest BCUT2D eigenvalue weighted by atomic mass is 19.1. The summed E-state index contributed by atoms with van der Waals surface area (Å²) in [5.41, 5.74) is -1.03. The molecule has 0 radical (unpaired) electrons. The molecule has 2 rings (SSSR count). The van der Waals surface area contributed by atoms with Crippen molar-refractivity contribution in [3.05, 3.63) is 29.6 Å². The third kappa shape index (κ3) is 3.92. The van der Waals surface area contributed by atoms with E-state index in [1.807, 2.05) is 0 Å². The summed E-state index contributed by atoms with van der Waals surface area (Å²) >= 11 is 0. The van der Waals surface area contributed by atoms with E-state index in [-0.39, 0.29) is 18.2 Å². The van der Waals surface area contributed by atoms with Gasteiger partial charge in [-0.1, -0.05) is 18.6 Å². The van der Waals surface area contributed by atoms with Gasteiger partial charge in [0.1, 0.15) is 5.67 Å². The SMILES string of the molecule is COc1cccc(CC(C)(F)CC2CCCCN2)c1F. The quantitative estimate of drug-likeness (QED) is 0.891. The summed E-state index contributed by atoms with van der Waals surface area (Å²) in [6.07, 6.45) is 3.79. The summed E-state index contributed by atoms with van der Waals surface area (Å²) in [7, 11) is 1.42. The Bertz CT molecular complexity index is 442. The van der Waals surface area contributed by atoms with E-state index in [4.69, 9.17) is 4.74 Å². The van der Waals surface area contributed by atoms with Gasteiger partial charge in [-0.25, -0.2) is 8.78 Å². The number of hydrogen-bond acceptors (Lipinski definition) is 2.